The number of β-amino-alcohol motifs (C(OH)–C–C–N with tert-alkyl or cyclic N) is 1. The highest BCUT2D eigenvalue weighted by atomic mass is 79.9. The van der Waals surface area contributed by atoms with Gasteiger partial charge in [0, 0.05) is 19.3 Å². The molecule has 0 aliphatic carbocycles. The quantitative estimate of drug-likeness (QED) is 0.777. The number of rotatable bonds is 1. The highest BCUT2D eigenvalue weighted by Gasteiger charge is 2.25. The number of halogens is 1. The molecule has 0 unspecified atom stereocenters. The highest BCUT2D eigenvalue weighted by Crippen LogP contribution is 2.14. The van der Waals surface area contributed by atoms with Crippen LogP contribution in [0.3, 0.4) is 0 Å². The second-order valence-electron chi connectivity index (χ2n) is 3.56. The van der Waals surface area contributed by atoms with Gasteiger partial charge >= 0.3 is 0 Å². The first-order chi connectivity index (χ1) is 7.16. The maximum Gasteiger partial charge on any atom is 0.255 e. The number of hydrogen-bond donors (Lipinski definition) is 1. The van der Waals surface area contributed by atoms with Crippen molar-refractivity contribution in [2.24, 2.45) is 0 Å². The van der Waals surface area contributed by atoms with Crippen molar-refractivity contribution in [3.8, 4) is 0 Å². The van der Waals surface area contributed by atoms with Crippen molar-refractivity contribution in [1.82, 2.24) is 9.88 Å². The van der Waals surface area contributed by atoms with Crippen LogP contribution in [0.25, 0.3) is 0 Å². The molecule has 1 atom stereocenters. The van der Waals surface area contributed by atoms with Crippen LogP contribution in [0.4, 0.5) is 0 Å². The van der Waals surface area contributed by atoms with Gasteiger partial charge in [0.05, 0.1) is 11.7 Å². The van der Waals surface area contributed by atoms with E-state index in [4.69, 9.17) is 0 Å². The first-order valence-corrected chi connectivity index (χ1v) is 5.55. The summed E-state index contributed by atoms with van der Waals surface area (Å²) in [5.74, 6) is -0.0634. The van der Waals surface area contributed by atoms with Crippen LogP contribution in [0, 0.1) is 0 Å². The normalized spacial score (nSPS) is 20.7. The van der Waals surface area contributed by atoms with Gasteiger partial charge in [-0.3, -0.25) is 4.79 Å². The van der Waals surface area contributed by atoms with Gasteiger partial charge in [-0.1, -0.05) is 0 Å². The molecule has 0 saturated carbocycles. The fourth-order valence-electron chi connectivity index (χ4n) is 1.61. The minimum absolute atomic E-state index is 0.0634. The van der Waals surface area contributed by atoms with Crippen molar-refractivity contribution < 1.29 is 9.90 Å². The van der Waals surface area contributed by atoms with E-state index in [1.807, 2.05) is 0 Å². The average molecular weight is 271 g/mol. The Balaban J connectivity index is 2.11. The largest absolute Gasteiger partial charge is 0.391 e. The first kappa shape index (κ1) is 10.6. The smallest absolute Gasteiger partial charge is 0.255 e. The van der Waals surface area contributed by atoms with Crippen molar-refractivity contribution in [2.45, 2.75) is 12.5 Å². The van der Waals surface area contributed by atoms with Gasteiger partial charge in [-0.2, -0.15) is 0 Å². The van der Waals surface area contributed by atoms with Crippen LogP contribution in [0.2, 0.25) is 0 Å². The lowest BCUT2D eigenvalue weighted by molar-refractivity contribution is 0.0764. The van der Waals surface area contributed by atoms with E-state index in [9.17, 15) is 9.90 Å². The number of nitrogens with zero attached hydrogens (tertiary/aromatic N) is 2. The van der Waals surface area contributed by atoms with Crippen molar-refractivity contribution in [1.29, 1.82) is 0 Å². The topological polar surface area (TPSA) is 53.4 Å². The number of likely N-dealkylation sites (tertiary alicyclic amines) is 1. The Hall–Kier alpha value is -0.940. The third-order valence-electron chi connectivity index (χ3n) is 2.42. The van der Waals surface area contributed by atoms with Gasteiger partial charge in [0.2, 0.25) is 0 Å². The predicted molar refractivity (Wildman–Crippen MR) is 58.5 cm³/mol. The average Bonchev–Trinajstić information content (AvgIpc) is 2.65. The maximum atomic E-state index is 11.9. The van der Waals surface area contributed by atoms with E-state index in [1.165, 1.54) is 6.20 Å². The SMILES string of the molecule is O=C(c1ccc(Br)nc1)N1CC[C@@H](O)C1. The molecule has 0 spiro atoms. The molecule has 4 nitrogen and oxygen atoms in total. The van der Waals surface area contributed by atoms with Gasteiger partial charge in [-0.25, -0.2) is 4.98 Å². The second-order valence-corrected chi connectivity index (χ2v) is 4.38. The minimum Gasteiger partial charge on any atom is -0.391 e. The molecule has 0 bridgehead atoms. The Morgan fingerprint density at radius 2 is 2.40 bits per heavy atom. The summed E-state index contributed by atoms with van der Waals surface area (Å²) in [6.07, 6.45) is 1.82. The second kappa shape index (κ2) is 4.28. The zero-order valence-corrected chi connectivity index (χ0v) is 9.64. The first-order valence-electron chi connectivity index (χ1n) is 4.76. The summed E-state index contributed by atoms with van der Waals surface area (Å²) < 4.78 is 0.709. The highest BCUT2D eigenvalue weighted by molar-refractivity contribution is 9.10. The van der Waals surface area contributed by atoms with E-state index in [-0.39, 0.29) is 12.0 Å². The van der Waals surface area contributed by atoms with E-state index in [0.717, 1.165) is 0 Å². The van der Waals surface area contributed by atoms with Gasteiger partial charge in [-0.15, -0.1) is 0 Å². The molecule has 0 aromatic carbocycles. The molecule has 80 valence electrons. The molecule has 1 amide bonds. The fraction of sp³-hybridized carbons (Fsp3) is 0.400. The van der Waals surface area contributed by atoms with Crippen molar-refractivity contribution in [3.05, 3.63) is 28.5 Å². The van der Waals surface area contributed by atoms with E-state index in [1.54, 1.807) is 17.0 Å². The number of aromatic nitrogens is 1. The monoisotopic (exact) mass is 270 g/mol. The van der Waals surface area contributed by atoms with Crippen molar-refractivity contribution in [2.75, 3.05) is 13.1 Å². The lowest BCUT2D eigenvalue weighted by Crippen LogP contribution is -2.29. The molecule has 1 fully saturated rings. The maximum absolute atomic E-state index is 11.9. The van der Waals surface area contributed by atoms with Crippen LogP contribution in [0.1, 0.15) is 16.8 Å². The van der Waals surface area contributed by atoms with Crippen LogP contribution in [0.5, 0.6) is 0 Å². The Kier molecular flexibility index (Phi) is 3.02. The summed E-state index contributed by atoms with van der Waals surface area (Å²) in [5.41, 5.74) is 0.562. The Labute approximate surface area is 96.1 Å². The molecule has 1 N–H and O–H groups in total. The molecule has 2 heterocycles. The molecule has 1 aliphatic heterocycles. The molecule has 0 radical (unpaired) electrons. The fourth-order valence-corrected chi connectivity index (χ4v) is 1.85. The Bertz CT molecular complexity index is 366. The zero-order valence-electron chi connectivity index (χ0n) is 8.06. The molecular weight excluding hydrogens is 260 g/mol. The molecule has 2 rings (SSSR count). The van der Waals surface area contributed by atoms with E-state index < -0.39 is 0 Å². The van der Waals surface area contributed by atoms with Crippen LogP contribution in [-0.4, -0.2) is 40.1 Å². The summed E-state index contributed by atoms with van der Waals surface area (Å²) in [7, 11) is 0. The van der Waals surface area contributed by atoms with Crippen LogP contribution in [0.15, 0.2) is 22.9 Å². The lowest BCUT2D eigenvalue weighted by Gasteiger charge is -2.14. The number of carbonyl (C=O) groups excluding carboxylic acids is 1. The summed E-state index contributed by atoms with van der Waals surface area (Å²) >= 11 is 3.21. The molecule has 1 saturated heterocycles. The minimum atomic E-state index is -0.377. The van der Waals surface area contributed by atoms with Crippen LogP contribution < -0.4 is 0 Å². The summed E-state index contributed by atoms with van der Waals surface area (Å²) in [6.45, 7) is 1.05. The van der Waals surface area contributed by atoms with Crippen LogP contribution in [-0.2, 0) is 0 Å². The van der Waals surface area contributed by atoms with Gasteiger partial charge in [0.15, 0.2) is 0 Å². The van der Waals surface area contributed by atoms with Gasteiger partial charge in [0.1, 0.15) is 4.60 Å². The third kappa shape index (κ3) is 2.35. The van der Waals surface area contributed by atoms with Gasteiger partial charge in [0.25, 0.3) is 5.91 Å². The van der Waals surface area contributed by atoms with E-state index in [0.29, 0.717) is 29.7 Å². The molecule has 5 heteroatoms. The van der Waals surface area contributed by atoms with E-state index in [2.05, 4.69) is 20.9 Å². The predicted octanol–water partition coefficient (Wildman–Crippen LogP) is 1.05. The summed E-state index contributed by atoms with van der Waals surface area (Å²) in [6, 6.07) is 3.46. The Morgan fingerprint density at radius 3 is 2.93 bits per heavy atom. The third-order valence-corrected chi connectivity index (χ3v) is 2.89. The van der Waals surface area contributed by atoms with Crippen LogP contribution >= 0.6 is 15.9 Å². The number of aliphatic hydroxyl groups is 1. The van der Waals surface area contributed by atoms with Crippen molar-refractivity contribution in [3.63, 3.8) is 0 Å². The van der Waals surface area contributed by atoms with E-state index >= 15 is 0 Å². The molecule has 1 aromatic rings. The lowest BCUT2D eigenvalue weighted by atomic mass is 10.2. The van der Waals surface area contributed by atoms with Gasteiger partial charge < -0.3 is 10.0 Å². The summed E-state index contributed by atoms with van der Waals surface area (Å²) in [5, 5.41) is 9.32. The number of amides is 1. The summed E-state index contributed by atoms with van der Waals surface area (Å²) in [4.78, 5) is 17.5. The number of hydrogen-bond acceptors (Lipinski definition) is 3. The number of carbonyl (C=O) groups is 1. The molecular formula is C10H11BrN2O2. The zero-order chi connectivity index (χ0) is 10.8. The molecule has 15 heavy (non-hydrogen) atoms. The standard InChI is InChI=1S/C10H11BrN2O2/c11-9-2-1-7(5-12-9)10(15)13-4-3-8(14)6-13/h1-2,5,8,14H,3-4,6H2/t8-/m1/s1. The Morgan fingerprint density at radius 1 is 1.60 bits per heavy atom. The van der Waals surface area contributed by atoms with Gasteiger partial charge in [-0.05, 0) is 34.5 Å². The number of aliphatic hydroxyl groups excluding tert-OH is 1. The number of pyridine rings is 1. The molecule has 1 aliphatic rings. The molecule has 1 aromatic heterocycles. The van der Waals surface area contributed by atoms with Crippen molar-refractivity contribution >= 4 is 21.8 Å².